The Morgan fingerprint density at radius 3 is 0.646 bits per heavy atom. The Labute approximate surface area is 760 Å². The average molecular weight is 1650 g/mol. The molecule has 0 N–H and O–H groups in total. The van der Waals surface area contributed by atoms with E-state index in [0.29, 0.717) is 13.4 Å². The molecule has 0 saturated carbocycles. The van der Waals surface area contributed by atoms with E-state index < -0.39 is 0 Å². The van der Waals surface area contributed by atoms with Crippen LogP contribution in [-0.4, -0.2) is 26.9 Å². The van der Waals surface area contributed by atoms with Gasteiger partial charge in [0.15, 0.2) is 0 Å². The van der Waals surface area contributed by atoms with Crippen LogP contribution in [0.25, 0.3) is 174 Å². The number of aryl methyl sites for hydroxylation is 6. The van der Waals surface area contributed by atoms with Crippen molar-refractivity contribution in [3.8, 4) is 44.5 Å². The van der Waals surface area contributed by atoms with Gasteiger partial charge in [-0.25, -0.2) is 0 Å². The molecule has 0 fully saturated rings. The Kier molecular flexibility index (Phi) is 18.2. The first kappa shape index (κ1) is 77.0. The van der Waals surface area contributed by atoms with Crippen LogP contribution < -0.4 is 65.6 Å². The first-order chi connectivity index (χ1) is 64.1. The van der Waals surface area contributed by atoms with Crippen LogP contribution in [0.5, 0.6) is 0 Å². The maximum atomic E-state index is 2.48. The summed E-state index contributed by atoms with van der Waals surface area (Å²) in [4.78, 5) is 0. The number of hydrogen-bond donors (Lipinski definition) is 0. The fourth-order valence-corrected chi connectivity index (χ4v) is 24.6. The van der Waals surface area contributed by atoms with Crippen molar-refractivity contribution in [2.75, 3.05) is 0 Å². The lowest BCUT2D eigenvalue weighted by atomic mass is 9.36. The second kappa shape index (κ2) is 30.7. The summed E-state index contributed by atoms with van der Waals surface area (Å²) in [5.41, 5.74) is 35.6. The molecular weight excluding hydrogens is 1560 g/mol. The summed E-state index contributed by atoms with van der Waals surface area (Å²) < 4.78 is 0. The number of fused-ring (bicyclic) bond motifs is 12. The maximum Gasteiger partial charge on any atom is 0.244 e. The Hall–Kier alpha value is -15.3. The van der Waals surface area contributed by atoms with Crippen LogP contribution in [-0.2, 0) is 0 Å². The van der Waals surface area contributed by atoms with Gasteiger partial charge in [-0.2, -0.15) is 0 Å². The minimum absolute atomic E-state index is 0.158. The molecule has 130 heavy (non-hydrogen) atoms. The van der Waals surface area contributed by atoms with Crippen molar-refractivity contribution in [1.29, 1.82) is 0 Å². The second-order valence-electron chi connectivity index (χ2n) is 36.8. The molecule has 0 aromatic heterocycles. The molecule has 0 nitrogen and oxygen atoms in total. The normalized spacial score (nSPS) is 12.5. The topological polar surface area (TPSA) is 0 Å². The van der Waals surface area contributed by atoms with Crippen LogP contribution in [0.3, 0.4) is 0 Å². The molecule has 4 heterocycles. The van der Waals surface area contributed by atoms with Crippen molar-refractivity contribution >= 4 is 222 Å². The Bertz CT molecular complexity index is 8390. The number of hydrogen-bond acceptors (Lipinski definition) is 0. The first-order valence-electron chi connectivity index (χ1n) is 46.2. The molecule has 4 heteroatoms. The van der Waals surface area contributed by atoms with Gasteiger partial charge in [0.25, 0.3) is 0 Å². The molecule has 24 aromatic rings. The Morgan fingerprint density at radius 2 is 0.354 bits per heavy atom. The average Bonchev–Trinajstić information content (AvgIpc) is 1.53. The lowest BCUT2D eigenvalue weighted by molar-refractivity contribution is 1.35. The van der Waals surface area contributed by atoms with Crippen LogP contribution >= 0.6 is 0 Å². The molecule has 24 aromatic carbocycles. The number of rotatable bonds is 8. The smallest absolute Gasteiger partial charge is 0.0686 e. The first-order valence-corrected chi connectivity index (χ1v) is 46.2. The molecule has 0 amide bonds. The summed E-state index contributed by atoms with van der Waals surface area (Å²) in [5, 5.41) is 33.2. The van der Waals surface area contributed by atoms with Crippen LogP contribution in [0.4, 0.5) is 0 Å². The van der Waals surface area contributed by atoms with Crippen LogP contribution in [0, 0.1) is 41.5 Å². The van der Waals surface area contributed by atoms with Crippen molar-refractivity contribution in [1.82, 2.24) is 0 Å². The lowest BCUT2D eigenvalue weighted by Gasteiger charge is -2.21. The quantitative estimate of drug-likeness (QED) is 0.105. The molecule has 4 aliphatic heterocycles. The molecule has 0 radical (unpaired) electrons. The van der Waals surface area contributed by atoms with E-state index in [9.17, 15) is 0 Å². The molecule has 28 rings (SSSR count). The maximum absolute atomic E-state index is 2.48. The highest BCUT2D eigenvalue weighted by atomic mass is 14.3. The van der Waals surface area contributed by atoms with Gasteiger partial charge in [0, 0.05) is 0 Å². The zero-order chi connectivity index (χ0) is 86.7. The third-order valence-electron chi connectivity index (χ3n) is 29.4. The van der Waals surface area contributed by atoms with Gasteiger partial charge >= 0.3 is 0 Å². The van der Waals surface area contributed by atoms with E-state index >= 15 is 0 Å². The van der Waals surface area contributed by atoms with Crippen LogP contribution in [0.1, 0.15) is 33.4 Å². The van der Waals surface area contributed by atoms with Crippen LogP contribution in [0.2, 0.25) is 0 Å². The monoisotopic (exact) mass is 1640 g/mol. The summed E-state index contributed by atoms with van der Waals surface area (Å²) in [6.45, 7) is 14.5. The van der Waals surface area contributed by atoms with Gasteiger partial charge < -0.3 is 0 Å². The SMILES string of the molecule is Cc1cc(C)c(B2c3cc(-c4ccccc4)cc4c5ccccc5c5cc(-c6ccccc6)cc2c5c34)c(C)c1.Cc1cc(C)c(B2c3cccc4c5ccccc5c5cccc2c5c34)c(C)c1.c1ccc(-c2cccc(-c3ccccc3)c2B2c3cccc4c5ccccc5c5cccc2c5c34)cc1.c1ccc(B2c3cccc4c5ccccc5c5cccc2c5c34)cc1. The molecular formula is C126H88B4. The second-order valence-corrected chi connectivity index (χ2v) is 36.8. The third kappa shape index (κ3) is 12.0. The van der Waals surface area contributed by atoms with Crippen LogP contribution in [0.15, 0.2) is 425 Å². The summed E-state index contributed by atoms with van der Waals surface area (Å²) in [6.07, 6.45) is 0. The highest BCUT2D eigenvalue weighted by Gasteiger charge is 2.41. The number of benzene rings is 24. The highest BCUT2D eigenvalue weighted by molar-refractivity contribution is 7.04. The molecule has 4 aliphatic rings. The zero-order valence-corrected chi connectivity index (χ0v) is 73.7. The fourth-order valence-electron chi connectivity index (χ4n) is 24.6. The van der Waals surface area contributed by atoms with E-state index in [1.165, 1.54) is 273 Å². The molecule has 0 atom stereocenters. The van der Waals surface area contributed by atoms with Crippen molar-refractivity contribution in [3.63, 3.8) is 0 Å². The molecule has 0 unspecified atom stereocenters. The van der Waals surface area contributed by atoms with E-state index in [4.69, 9.17) is 0 Å². The minimum atomic E-state index is 0.158. The van der Waals surface area contributed by atoms with Gasteiger partial charge in [-0.15, -0.1) is 0 Å². The summed E-state index contributed by atoms with van der Waals surface area (Å²) in [6, 6.07) is 157. The standard InChI is InChI=1S/C39H29B.C36H23B.C27H21B.C24H15B/c1-24-18-25(2)39(26(3)19-24)40-35-22-29(27-12-6-4-7-13-27)20-33-31-16-10-11-17-32(31)34-21-30(28-14-8-5-9-15-28)23-36(40)38(34)37(33)35;1-3-12-24(13-4-1)26-18-9-19-27(25-14-5-2-6-15-25)36(26)37-32-22-10-20-30-28-16-7-8-17-29(28)31-21-11-23-33(37)35(31)34(30)32;1-16-14-17(2)27(18(3)15-16)28-23-12-6-10-21-19-8-4-5-9-20(19)22-11-7-13-24(28)26(22)25(21)23;1-2-8-16(9-3-1)25-21-14-6-12-19-17-10-4-5-11-18(17)20-13-7-15-22(25)24(20)23(19)21/h4-23H,1-3H3;1-23H;4-15H,1-3H3;1-15H. The highest BCUT2D eigenvalue weighted by Crippen LogP contribution is 2.44. The van der Waals surface area contributed by atoms with Crippen molar-refractivity contribution in [2.24, 2.45) is 0 Å². The lowest BCUT2D eigenvalue weighted by Crippen LogP contribution is -2.51. The van der Waals surface area contributed by atoms with Gasteiger partial charge in [-0.05, 0) is 227 Å². The van der Waals surface area contributed by atoms with E-state index in [-0.39, 0.29) is 13.4 Å². The van der Waals surface area contributed by atoms with E-state index in [2.05, 4.69) is 466 Å². The fraction of sp³-hybridized carbons (Fsp3) is 0.0476. The van der Waals surface area contributed by atoms with E-state index in [0.717, 1.165) is 0 Å². The van der Waals surface area contributed by atoms with Gasteiger partial charge in [0.1, 0.15) is 0 Å². The third-order valence-corrected chi connectivity index (χ3v) is 29.4. The zero-order valence-electron chi connectivity index (χ0n) is 73.7. The van der Waals surface area contributed by atoms with Gasteiger partial charge in [0.2, 0.25) is 26.9 Å². The van der Waals surface area contributed by atoms with Crippen molar-refractivity contribution in [2.45, 2.75) is 41.5 Å². The Balaban J connectivity index is 0.0000000950. The molecule has 0 bridgehead atoms. The predicted molar refractivity (Wildman–Crippen MR) is 570 cm³/mol. The minimum Gasteiger partial charge on any atom is -0.0686 e. The molecule has 0 spiro atoms. The van der Waals surface area contributed by atoms with E-state index in [1.54, 1.807) is 0 Å². The van der Waals surface area contributed by atoms with Crippen molar-refractivity contribution < 1.29 is 0 Å². The molecule has 0 saturated heterocycles. The summed E-state index contributed by atoms with van der Waals surface area (Å²) >= 11 is 0. The van der Waals surface area contributed by atoms with Gasteiger partial charge in [0.05, 0.1) is 0 Å². The molecule has 0 aliphatic carbocycles. The summed E-state index contributed by atoms with van der Waals surface area (Å²) in [7, 11) is 0. The Morgan fingerprint density at radius 1 is 0.138 bits per heavy atom. The molecule has 604 valence electrons. The van der Waals surface area contributed by atoms with Gasteiger partial charge in [-0.3, -0.25) is 0 Å². The summed E-state index contributed by atoms with van der Waals surface area (Å²) in [5.74, 6) is 0. The van der Waals surface area contributed by atoms with Gasteiger partial charge in [-0.1, -0.05) is 511 Å². The predicted octanol–water partition coefficient (Wildman–Crippen LogP) is 24.4. The van der Waals surface area contributed by atoms with Crippen molar-refractivity contribution in [3.05, 3.63) is 458 Å². The largest absolute Gasteiger partial charge is 0.244 e. The van der Waals surface area contributed by atoms with E-state index in [1.807, 2.05) is 0 Å².